The van der Waals surface area contributed by atoms with Crippen molar-refractivity contribution in [1.29, 1.82) is 0 Å². The summed E-state index contributed by atoms with van der Waals surface area (Å²) in [6.45, 7) is 0.641. The summed E-state index contributed by atoms with van der Waals surface area (Å²) in [7, 11) is 4.47. The van der Waals surface area contributed by atoms with E-state index in [1.165, 1.54) is 11.7 Å². The van der Waals surface area contributed by atoms with Gasteiger partial charge in [-0.1, -0.05) is 51.9 Å². The zero-order valence-electron chi connectivity index (χ0n) is 16.1. The van der Waals surface area contributed by atoms with Crippen LogP contribution in [0.25, 0.3) is 10.9 Å². The molecule has 3 rings (SSSR count). The summed E-state index contributed by atoms with van der Waals surface area (Å²) < 4.78 is 17.3. The van der Waals surface area contributed by atoms with Crippen LogP contribution in [0.4, 0.5) is 4.79 Å². The Kier molecular flexibility index (Phi) is 7.48. The molecule has 0 fully saturated rings. The van der Waals surface area contributed by atoms with Crippen molar-refractivity contribution < 1.29 is 23.8 Å². The van der Waals surface area contributed by atoms with E-state index in [1.54, 1.807) is 45.9 Å². The van der Waals surface area contributed by atoms with Crippen molar-refractivity contribution in [3.8, 4) is 5.75 Å². The van der Waals surface area contributed by atoms with Gasteiger partial charge in [0.2, 0.25) is 0 Å². The molecule has 29 heavy (non-hydrogen) atoms. The molecule has 152 valence electrons. The number of benzene rings is 2. The number of carbonyl (C=O) groups excluding carboxylic acids is 2. The molecule has 3 aromatic rings. The van der Waals surface area contributed by atoms with E-state index >= 15 is 0 Å². The third kappa shape index (κ3) is 5.27. The quantitative estimate of drug-likeness (QED) is 0.282. The van der Waals surface area contributed by atoms with E-state index < -0.39 is 12.1 Å². The highest BCUT2D eigenvalue weighted by Crippen LogP contribution is 2.26. The molecule has 8 heteroatoms. The van der Waals surface area contributed by atoms with Gasteiger partial charge in [0.15, 0.2) is 0 Å². The van der Waals surface area contributed by atoms with Crippen LogP contribution in [0.2, 0.25) is 0 Å². The average Bonchev–Trinajstić information content (AvgIpc) is 3.14. The number of ether oxygens (including phenoxy) is 3. The second-order valence-corrected chi connectivity index (χ2v) is 8.64. The van der Waals surface area contributed by atoms with Gasteiger partial charge in [0.25, 0.3) is 0 Å². The van der Waals surface area contributed by atoms with Crippen molar-refractivity contribution in [1.82, 2.24) is 4.57 Å². The minimum absolute atomic E-state index is 0.116. The Hall–Kier alpha value is -2.58. The zero-order chi connectivity index (χ0) is 20.6. The number of hydrogen-bond acceptors (Lipinski definition) is 7. The first-order chi connectivity index (χ1) is 14.1. The maximum Gasteiger partial charge on any atom is 0.419 e. The molecule has 0 spiro atoms. The summed E-state index contributed by atoms with van der Waals surface area (Å²) in [5.41, 5.74) is 1.67. The maximum absolute atomic E-state index is 12.7. The fourth-order valence-electron chi connectivity index (χ4n) is 2.77. The van der Waals surface area contributed by atoms with Gasteiger partial charge >= 0.3 is 12.1 Å². The van der Waals surface area contributed by atoms with Crippen LogP contribution in [0.3, 0.4) is 0 Å². The summed E-state index contributed by atoms with van der Waals surface area (Å²) in [5, 5.41) is 0.716. The van der Waals surface area contributed by atoms with Gasteiger partial charge < -0.3 is 14.2 Å². The zero-order valence-corrected chi connectivity index (χ0v) is 17.8. The van der Waals surface area contributed by atoms with Crippen LogP contribution in [0.1, 0.15) is 16.1 Å². The molecule has 0 amide bonds. The highest BCUT2D eigenvalue weighted by Gasteiger charge is 2.22. The molecule has 2 aromatic carbocycles. The SMILES string of the molecule is COC(=O)c1cc2ccc(OCc3ccccc3)cc2n1C(=O)OCCSSC. The molecule has 0 aliphatic rings. The number of fused-ring (bicyclic) bond motifs is 1. The van der Waals surface area contributed by atoms with E-state index in [0.29, 0.717) is 29.0 Å². The Labute approximate surface area is 176 Å². The summed E-state index contributed by atoms with van der Waals surface area (Å²) >= 11 is 0. The van der Waals surface area contributed by atoms with Gasteiger partial charge in [-0.15, -0.1) is 0 Å². The molecule has 0 aliphatic heterocycles. The molecule has 1 heterocycles. The van der Waals surface area contributed by atoms with E-state index in [2.05, 4.69) is 0 Å². The summed E-state index contributed by atoms with van der Waals surface area (Å²) in [5.74, 6) is 0.636. The molecule has 0 aliphatic carbocycles. The van der Waals surface area contributed by atoms with Crippen molar-refractivity contribution in [3.63, 3.8) is 0 Å². The predicted octanol–water partition coefficient (Wildman–Crippen LogP) is 5.00. The Morgan fingerprint density at radius 1 is 1.07 bits per heavy atom. The highest BCUT2D eigenvalue weighted by molar-refractivity contribution is 8.76. The average molecular weight is 432 g/mol. The van der Waals surface area contributed by atoms with E-state index in [-0.39, 0.29) is 12.3 Å². The number of carbonyl (C=O) groups is 2. The second-order valence-electron chi connectivity index (χ2n) is 5.95. The van der Waals surface area contributed by atoms with E-state index in [0.717, 1.165) is 5.56 Å². The van der Waals surface area contributed by atoms with E-state index in [9.17, 15) is 9.59 Å². The normalized spacial score (nSPS) is 10.7. The smallest absolute Gasteiger partial charge is 0.419 e. The Morgan fingerprint density at radius 2 is 1.86 bits per heavy atom. The molecule has 0 bridgehead atoms. The van der Waals surface area contributed by atoms with Crippen LogP contribution in [-0.4, -0.2) is 42.4 Å². The molecule has 0 unspecified atom stereocenters. The lowest BCUT2D eigenvalue weighted by molar-refractivity contribution is 0.0586. The maximum atomic E-state index is 12.7. The van der Waals surface area contributed by atoms with Crippen LogP contribution >= 0.6 is 21.6 Å². The first-order valence-corrected chi connectivity index (χ1v) is 11.6. The van der Waals surface area contributed by atoms with Crippen LogP contribution in [0.15, 0.2) is 54.6 Å². The topological polar surface area (TPSA) is 66.8 Å². The lowest BCUT2D eigenvalue weighted by Crippen LogP contribution is -2.20. The Morgan fingerprint density at radius 3 is 2.59 bits per heavy atom. The number of rotatable bonds is 8. The molecular weight excluding hydrogens is 410 g/mol. The van der Waals surface area contributed by atoms with Crippen molar-refractivity contribution in [2.45, 2.75) is 6.61 Å². The fraction of sp³-hybridized carbons (Fsp3) is 0.238. The fourth-order valence-corrected chi connectivity index (χ4v) is 3.80. The first kappa shape index (κ1) is 21.1. The number of hydrogen-bond donors (Lipinski definition) is 0. The predicted molar refractivity (Wildman–Crippen MR) is 117 cm³/mol. The van der Waals surface area contributed by atoms with Crippen LogP contribution in [-0.2, 0) is 16.1 Å². The number of nitrogens with zero attached hydrogens (tertiary/aromatic N) is 1. The Balaban J connectivity index is 1.88. The summed E-state index contributed by atoms with van der Waals surface area (Å²) in [6, 6.07) is 16.7. The molecule has 0 radical (unpaired) electrons. The van der Waals surface area contributed by atoms with Crippen molar-refractivity contribution in [2.75, 3.05) is 25.7 Å². The lowest BCUT2D eigenvalue weighted by atomic mass is 10.2. The van der Waals surface area contributed by atoms with Crippen molar-refractivity contribution in [3.05, 3.63) is 65.9 Å². The molecule has 0 N–H and O–H groups in total. The van der Waals surface area contributed by atoms with Crippen molar-refractivity contribution in [2.24, 2.45) is 0 Å². The van der Waals surface area contributed by atoms with Crippen LogP contribution in [0, 0.1) is 0 Å². The van der Waals surface area contributed by atoms with Crippen LogP contribution in [0.5, 0.6) is 5.75 Å². The van der Waals surface area contributed by atoms with Crippen molar-refractivity contribution >= 4 is 44.6 Å². The largest absolute Gasteiger partial charge is 0.489 e. The van der Waals surface area contributed by atoms with Crippen LogP contribution < -0.4 is 4.74 Å². The minimum atomic E-state index is -0.623. The van der Waals surface area contributed by atoms with E-state index in [4.69, 9.17) is 14.2 Å². The summed E-state index contributed by atoms with van der Waals surface area (Å²) in [6.07, 6.45) is 1.33. The van der Waals surface area contributed by atoms with Gasteiger partial charge in [0, 0.05) is 17.2 Å². The van der Waals surface area contributed by atoms with E-state index in [1.807, 2.05) is 36.6 Å². The van der Waals surface area contributed by atoms with Gasteiger partial charge in [0.05, 0.1) is 12.6 Å². The first-order valence-electron chi connectivity index (χ1n) is 8.87. The molecule has 0 saturated carbocycles. The molecule has 6 nitrogen and oxygen atoms in total. The molecule has 1 aromatic heterocycles. The molecule has 0 saturated heterocycles. The number of esters is 1. The second kappa shape index (κ2) is 10.3. The van der Waals surface area contributed by atoms with Gasteiger partial charge in [-0.25, -0.2) is 14.2 Å². The standard InChI is InChI=1S/C21H21NO5S2/c1-25-20(23)19-12-16-8-9-17(27-14-15-6-4-3-5-7-15)13-18(16)22(19)21(24)26-10-11-29-28-2/h3-9,12-13H,10-11,14H2,1-2H3. The Bertz CT molecular complexity index is 987. The van der Waals surface area contributed by atoms with Gasteiger partial charge in [0.1, 0.15) is 24.7 Å². The van der Waals surface area contributed by atoms with Gasteiger partial charge in [-0.2, -0.15) is 0 Å². The number of aromatic nitrogens is 1. The third-order valence-corrected chi connectivity index (χ3v) is 5.89. The highest BCUT2D eigenvalue weighted by atomic mass is 33.1. The van der Waals surface area contributed by atoms with Gasteiger partial charge in [-0.05, 0) is 30.0 Å². The monoisotopic (exact) mass is 431 g/mol. The third-order valence-electron chi connectivity index (χ3n) is 4.11. The van der Waals surface area contributed by atoms with Gasteiger partial charge in [-0.3, -0.25) is 0 Å². The lowest BCUT2D eigenvalue weighted by Gasteiger charge is -2.10. The molecular formula is C21H21NO5S2. The minimum Gasteiger partial charge on any atom is -0.489 e. The summed E-state index contributed by atoms with van der Waals surface area (Å²) in [4.78, 5) is 24.9. The number of methoxy groups -OCH3 is 1. The molecule has 0 atom stereocenters.